The van der Waals surface area contributed by atoms with Gasteiger partial charge in [0.05, 0.1) is 5.56 Å². The van der Waals surface area contributed by atoms with Crippen LogP contribution in [0.3, 0.4) is 0 Å². The van der Waals surface area contributed by atoms with Gasteiger partial charge in [0.25, 0.3) is 5.78 Å². The molecule has 2 heterocycles. The van der Waals surface area contributed by atoms with Gasteiger partial charge in [-0.25, -0.2) is 4.98 Å². The van der Waals surface area contributed by atoms with Gasteiger partial charge in [-0.15, -0.1) is 0 Å². The van der Waals surface area contributed by atoms with Crippen LogP contribution in [0.4, 0.5) is 5.82 Å². The fourth-order valence-electron chi connectivity index (χ4n) is 1.08. The molecule has 1 aromatic heterocycles. The average molecular weight is 176 g/mol. The van der Waals surface area contributed by atoms with Crippen LogP contribution in [0.25, 0.3) is 0 Å². The second-order valence-corrected chi connectivity index (χ2v) is 2.51. The molecule has 0 saturated carbocycles. The van der Waals surface area contributed by atoms with Crippen LogP contribution in [0.2, 0.25) is 0 Å². The number of ketones is 2. The molecule has 5 nitrogen and oxygen atoms in total. The maximum absolute atomic E-state index is 11.2. The molecule has 0 radical (unpaired) electrons. The van der Waals surface area contributed by atoms with Crippen molar-refractivity contribution in [2.45, 2.75) is 0 Å². The number of rotatable bonds is 0. The van der Waals surface area contributed by atoms with Gasteiger partial charge in [0, 0.05) is 6.20 Å². The van der Waals surface area contributed by atoms with E-state index < -0.39 is 17.5 Å². The summed E-state index contributed by atoms with van der Waals surface area (Å²) in [4.78, 5) is 36.7. The molecule has 0 spiro atoms. The van der Waals surface area contributed by atoms with Crippen LogP contribution in [0.5, 0.6) is 0 Å². The first-order chi connectivity index (χ1) is 6.20. The topological polar surface area (TPSA) is 76.1 Å². The number of carbonyl (C=O) groups excluding carboxylic acids is 3. The number of anilines is 1. The first-order valence-corrected chi connectivity index (χ1v) is 3.55. The molecule has 1 N–H and O–H groups in total. The number of hydrogen-bond acceptors (Lipinski definition) is 4. The van der Waals surface area contributed by atoms with Gasteiger partial charge in [-0.1, -0.05) is 0 Å². The van der Waals surface area contributed by atoms with Crippen LogP contribution in [0.15, 0.2) is 18.3 Å². The smallest absolute Gasteiger partial charge is 0.301 e. The highest BCUT2D eigenvalue weighted by Crippen LogP contribution is 2.16. The molecule has 0 bridgehead atoms. The monoisotopic (exact) mass is 176 g/mol. The predicted octanol–water partition coefficient (Wildman–Crippen LogP) is -0.215. The quantitative estimate of drug-likeness (QED) is 0.554. The van der Waals surface area contributed by atoms with Crippen molar-refractivity contribution >= 4 is 23.3 Å². The number of aromatic nitrogens is 1. The first-order valence-electron chi connectivity index (χ1n) is 3.55. The molecule has 0 fully saturated rings. The summed E-state index contributed by atoms with van der Waals surface area (Å²) in [5.74, 6) is -2.61. The van der Waals surface area contributed by atoms with Crippen molar-refractivity contribution in [2.24, 2.45) is 0 Å². The summed E-state index contributed by atoms with van der Waals surface area (Å²) in [6.07, 6.45) is 1.43. The van der Waals surface area contributed by atoms with E-state index in [0.29, 0.717) is 0 Å². The zero-order chi connectivity index (χ0) is 9.42. The van der Waals surface area contributed by atoms with Crippen molar-refractivity contribution in [3.8, 4) is 0 Å². The van der Waals surface area contributed by atoms with E-state index in [4.69, 9.17) is 0 Å². The van der Waals surface area contributed by atoms with Crippen LogP contribution >= 0.6 is 0 Å². The molecule has 13 heavy (non-hydrogen) atoms. The molecule has 1 aliphatic rings. The number of carbonyl (C=O) groups is 3. The fraction of sp³-hybridized carbons (Fsp3) is 0. The van der Waals surface area contributed by atoms with Crippen LogP contribution in [0, 0.1) is 0 Å². The van der Waals surface area contributed by atoms with Gasteiger partial charge in [0.15, 0.2) is 0 Å². The van der Waals surface area contributed by atoms with Crippen LogP contribution in [-0.2, 0) is 9.59 Å². The fourth-order valence-corrected chi connectivity index (χ4v) is 1.08. The number of amides is 1. The Labute approximate surface area is 72.8 Å². The lowest BCUT2D eigenvalue weighted by Crippen LogP contribution is -2.35. The van der Waals surface area contributed by atoms with Crippen molar-refractivity contribution in [3.63, 3.8) is 0 Å². The van der Waals surface area contributed by atoms with Gasteiger partial charge >= 0.3 is 5.91 Å². The van der Waals surface area contributed by atoms with E-state index in [0.717, 1.165) is 0 Å². The Hall–Kier alpha value is -2.04. The Morgan fingerprint density at radius 1 is 1.15 bits per heavy atom. The Kier molecular flexibility index (Phi) is 1.45. The SMILES string of the molecule is O=C1Nc2ncccc2C(=O)C1=O. The van der Waals surface area contributed by atoms with Crippen molar-refractivity contribution in [3.05, 3.63) is 23.9 Å². The van der Waals surface area contributed by atoms with Gasteiger partial charge in [0.2, 0.25) is 5.78 Å². The summed E-state index contributed by atoms with van der Waals surface area (Å²) < 4.78 is 0. The number of fused-ring (bicyclic) bond motifs is 1. The molecule has 2 rings (SSSR count). The molecule has 0 saturated heterocycles. The molecular formula is C8H4N2O3. The Balaban J connectivity index is 2.62. The molecule has 0 aromatic carbocycles. The van der Waals surface area contributed by atoms with E-state index >= 15 is 0 Å². The highest BCUT2D eigenvalue weighted by atomic mass is 16.2. The zero-order valence-electron chi connectivity index (χ0n) is 6.40. The molecule has 1 aromatic rings. The second-order valence-electron chi connectivity index (χ2n) is 2.51. The molecule has 5 heteroatoms. The van der Waals surface area contributed by atoms with Crippen molar-refractivity contribution < 1.29 is 14.4 Å². The highest BCUT2D eigenvalue weighted by Gasteiger charge is 2.32. The number of nitrogens with zero attached hydrogens (tertiary/aromatic N) is 1. The van der Waals surface area contributed by atoms with Crippen LogP contribution in [0.1, 0.15) is 10.4 Å². The van der Waals surface area contributed by atoms with Gasteiger partial charge in [-0.3, -0.25) is 14.4 Å². The Bertz CT molecular complexity index is 425. The first kappa shape index (κ1) is 7.60. The average Bonchev–Trinajstić information content (AvgIpc) is 2.15. The minimum atomic E-state index is -1.04. The van der Waals surface area contributed by atoms with Crippen molar-refractivity contribution in [2.75, 3.05) is 5.32 Å². The van der Waals surface area contributed by atoms with Gasteiger partial charge in [-0.05, 0) is 12.1 Å². The Morgan fingerprint density at radius 3 is 2.69 bits per heavy atom. The summed E-state index contributed by atoms with van der Waals surface area (Å²) in [6, 6.07) is 2.98. The number of nitrogens with one attached hydrogen (secondary N) is 1. The third-order valence-electron chi connectivity index (χ3n) is 1.70. The van der Waals surface area contributed by atoms with Crippen LogP contribution in [-0.4, -0.2) is 22.5 Å². The molecule has 64 valence electrons. The predicted molar refractivity (Wildman–Crippen MR) is 42.2 cm³/mol. The number of hydrogen-bond donors (Lipinski definition) is 1. The zero-order valence-corrected chi connectivity index (χ0v) is 6.40. The minimum Gasteiger partial charge on any atom is -0.303 e. The van der Waals surface area contributed by atoms with E-state index in [-0.39, 0.29) is 11.4 Å². The summed E-state index contributed by atoms with van der Waals surface area (Å²) in [5, 5.41) is 2.22. The largest absolute Gasteiger partial charge is 0.303 e. The van der Waals surface area contributed by atoms with Crippen molar-refractivity contribution in [1.82, 2.24) is 4.98 Å². The minimum absolute atomic E-state index is 0.145. The standard InChI is InChI=1S/C8H4N2O3/c11-5-4-2-1-3-9-7(4)10-8(13)6(5)12/h1-3H,(H,9,10,13). The molecule has 0 aliphatic carbocycles. The van der Waals surface area contributed by atoms with E-state index in [1.54, 1.807) is 0 Å². The molecule has 0 atom stereocenters. The maximum Gasteiger partial charge on any atom is 0.301 e. The lowest BCUT2D eigenvalue weighted by Gasteiger charge is -2.11. The number of pyridine rings is 1. The van der Waals surface area contributed by atoms with E-state index in [1.807, 2.05) is 0 Å². The van der Waals surface area contributed by atoms with E-state index in [1.165, 1.54) is 18.3 Å². The molecule has 1 aliphatic heterocycles. The number of Topliss-reactive ketones (excluding diaryl/α,β-unsaturated/α-hetero) is 2. The lowest BCUT2D eigenvalue weighted by atomic mass is 10.0. The normalized spacial score (nSPS) is 15.2. The summed E-state index contributed by atoms with van der Waals surface area (Å²) in [6.45, 7) is 0. The van der Waals surface area contributed by atoms with Crippen molar-refractivity contribution in [1.29, 1.82) is 0 Å². The van der Waals surface area contributed by atoms with E-state index in [9.17, 15) is 14.4 Å². The third-order valence-corrected chi connectivity index (χ3v) is 1.70. The van der Waals surface area contributed by atoms with Gasteiger partial charge < -0.3 is 5.32 Å². The summed E-state index contributed by atoms with van der Waals surface area (Å²) >= 11 is 0. The molecule has 0 unspecified atom stereocenters. The van der Waals surface area contributed by atoms with E-state index in [2.05, 4.69) is 10.3 Å². The summed E-state index contributed by atoms with van der Waals surface area (Å²) in [7, 11) is 0. The molecular weight excluding hydrogens is 172 g/mol. The third kappa shape index (κ3) is 1.01. The van der Waals surface area contributed by atoms with Gasteiger partial charge in [-0.2, -0.15) is 0 Å². The highest BCUT2D eigenvalue weighted by molar-refractivity contribution is 6.70. The molecule has 1 amide bonds. The maximum atomic E-state index is 11.2. The summed E-state index contributed by atoms with van der Waals surface area (Å²) in [5.41, 5.74) is 0.145. The van der Waals surface area contributed by atoms with Gasteiger partial charge in [0.1, 0.15) is 5.82 Å². The van der Waals surface area contributed by atoms with Crippen LogP contribution < -0.4 is 5.32 Å². The Morgan fingerprint density at radius 2 is 1.92 bits per heavy atom. The lowest BCUT2D eigenvalue weighted by molar-refractivity contribution is -0.132. The second kappa shape index (κ2) is 2.48.